The minimum Gasteiger partial charge on any atom is -0.354 e. The number of ether oxygens (including phenoxy) is 1. The maximum atomic E-state index is 5.73. The first kappa shape index (κ1) is 9.69. The Morgan fingerprint density at radius 2 is 2.07 bits per heavy atom. The lowest BCUT2D eigenvalue weighted by atomic mass is 10.0. The van der Waals surface area contributed by atoms with Crippen molar-refractivity contribution in [2.24, 2.45) is 0 Å². The zero-order valence-corrected chi connectivity index (χ0v) is 9.00. The molecule has 0 spiro atoms. The van der Waals surface area contributed by atoms with Gasteiger partial charge in [-0.1, -0.05) is 18.2 Å². The molecule has 2 atom stereocenters. The van der Waals surface area contributed by atoms with Gasteiger partial charge in [-0.25, -0.2) is 0 Å². The summed E-state index contributed by atoms with van der Waals surface area (Å²) in [6.07, 6.45) is 0.408. The molecule has 2 nitrogen and oxygen atoms in total. The van der Waals surface area contributed by atoms with Crippen LogP contribution in [0.3, 0.4) is 0 Å². The predicted octanol–water partition coefficient (Wildman–Crippen LogP) is 2.31. The molecule has 0 saturated carbocycles. The normalized spacial score (nSPS) is 26.8. The average molecular weight is 191 g/mol. The zero-order chi connectivity index (χ0) is 10.1. The lowest BCUT2D eigenvalue weighted by molar-refractivity contribution is 0.0529. The van der Waals surface area contributed by atoms with Crippen LogP contribution in [0, 0.1) is 13.8 Å². The number of aryl methyl sites for hydroxylation is 2. The molecule has 0 radical (unpaired) electrons. The van der Waals surface area contributed by atoms with Crippen LogP contribution in [0.15, 0.2) is 18.2 Å². The van der Waals surface area contributed by atoms with Gasteiger partial charge >= 0.3 is 0 Å². The quantitative estimate of drug-likeness (QED) is 0.735. The molecule has 2 heteroatoms. The first-order valence-corrected chi connectivity index (χ1v) is 5.13. The van der Waals surface area contributed by atoms with Crippen molar-refractivity contribution < 1.29 is 4.74 Å². The average Bonchev–Trinajstić information content (AvgIpc) is 2.57. The molecule has 1 fully saturated rings. The van der Waals surface area contributed by atoms with Crippen molar-refractivity contribution in [2.45, 2.75) is 33.1 Å². The minimum atomic E-state index is 0.182. The molecular weight excluding hydrogens is 174 g/mol. The molecule has 1 N–H and O–H groups in total. The van der Waals surface area contributed by atoms with Gasteiger partial charge in [0.25, 0.3) is 0 Å². The Morgan fingerprint density at radius 3 is 2.64 bits per heavy atom. The van der Waals surface area contributed by atoms with Crippen LogP contribution in [-0.2, 0) is 4.74 Å². The lowest BCUT2D eigenvalue weighted by Crippen LogP contribution is -2.17. The molecule has 1 heterocycles. The summed E-state index contributed by atoms with van der Waals surface area (Å²) in [5, 5.41) is 3.28. The van der Waals surface area contributed by atoms with Crippen LogP contribution in [0.2, 0.25) is 0 Å². The molecule has 0 amide bonds. The van der Waals surface area contributed by atoms with E-state index in [1.165, 1.54) is 16.7 Å². The number of hydrogen-bond donors (Lipinski definition) is 1. The maximum Gasteiger partial charge on any atom is 0.106 e. The van der Waals surface area contributed by atoms with Crippen LogP contribution in [0.1, 0.15) is 29.7 Å². The third-order valence-electron chi connectivity index (χ3n) is 2.86. The van der Waals surface area contributed by atoms with E-state index in [2.05, 4.69) is 37.4 Å². The smallest absolute Gasteiger partial charge is 0.106 e. The first-order valence-electron chi connectivity index (χ1n) is 5.13. The summed E-state index contributed by atoms with van der Waals surface area (Å²) in [7, 11) is 0. The SMILES string of the molecule is Cc1ccc(C2CNC(C)O2)cc1C. The predicted molar refractivity (Wildman–Crippen MR) is 57.2 cm³/mol. The molecule has 1 aliphatic heterocycles. The minimum absolute atomic E-state index is 0.182. The van der Waals surface area contributed by atoms with Gasteiger partial charge in [-0.3, -0.25) is 5.32 Å². The van der Waals surface area contributed by atoms with Gasteiger partial charge < -0.3 is 4.74 Å². The Labute approximate surface area is 85.3 Å². The van der Waals surface area contributed by atoms with E-state index >= 15 is 0 Å². The van der Waals surface area contributed by atoms with E-state index in [0.717, 1.165) is 6.54 Å². The van der Waals surface area contributed by atoms with Crippen LogP contribution in [0.5, 0.6) is 0 Å². The van der Waals surface area contributed by atoms with Crippen molar-refractivity contribution in [3.05, 3.63) is 34.9 Å². The largest absolute Gasteiger partial charge is 0.354 e. The summed E-state index contributed by atoms with van der Waals surface area (Å²) in [6.45, 7) is 7.24. The van der Waals surface area contributed by atoms with E-state index in [9.17, 15) is 0 Å². The number of nitrogens with one attached hydrogen (secondary N) is 1. The van der Waals surface area contributed by atoms with Crippen LogP contribution >= 0.6 is 0 Å². The molecule has 0 aliphatic carbocycles. The Kier molecular flexibility index (Phi) is 2.57. The van der Waals surface area contributed by atoms with Crippen LogP contribution in [0.25, 0.3) is 0 Å². The highest BCUT2D eigenvalue weighted by Gasteiger charge is 2.22. The van der Waals surface area contributed by atoms with E-state index in [1.54, 1.807) is 0 Å². The third kappa shape index (κ3) is 1.81. The molecule has 1 aromatic carbocycles. The molecule has 2 unspecified atom stereocenters. The Hall–Kier alpha value is -0.860. The second-order valence-corrected chi connectivity index (χ2v) is 4.02. The third-order valence-corrected chi connectivity index (χ3v) is 2.86. The number of hydrogen-bond acceptors (Lipinski definition) is 2. The molecule has 76 valence electrons. The molecule has 2 rings (SSSR count). The summed E-state index contributed by atoms with van der Waals surface area (Å²) in [6, 6.07) is 6.55. The second kappa shape index (κ2) is 3.71. The zero-order valence-electron chi connectivity index (χ0n) is 9.00. The van der Waals surface area contributed by atoms with Gasteiger partial charge in [-0.15, -0.1) is 0 Å². The second-order valence-electron chi connectivity index (χ2n) is 4.02. The van der Waals surface area contributed by atoms with E-state index in [-0.39, 0.29) is 12.3 Å². The van der Waals surface area contributed by atoms with E-state index < -0.39 is 0 Å². The van der Waals surface area contributed by atoms with E-state index in [1.807, 2.05) is 6.92 Å². The van der Waals surface area contributed by atoms with Gasteiger partial charge in [-0.2, -0.15) is 0 Å². The van der Waals surface area contributed by atoms with Gasteiger partial charge in [0.15, 0.2) is 0 Å². The molecular formula is C12H17NO. The number of benzene rings is 1. The summed E-state index contributed by atoms with van der Waals surface area (Å²) < 4.78 is 5.73. The summed E-state index contributed by atoms with van der Waals surface area (Å²) in [5.74, 6) is 0. The van der Waals surface area contributed by atoms with Crippen LogP contribution < -0.4 is 5.32 Å². The molecule has 0 bridgehead atoms. The summed E-state index contributed by atoms with van der Waals surface area (Å²) in [4.78, 5) is 0. The van der Waals surface area contributed by atoms with Crippen molar-refractivity contribution in [1.82, 2.24) is 5.32 Å². The fourth-order valence-corrected chi connectivity index (χ4v) is 1.78. The van der Waals surface area contributed by atoms with Crippen LogP contribution in [-0.4, -0.2) is 12.8 Å². The fraction of sp³-hybridized carbons (Fsp3) is 0.500. The molecule has 1 aliphatic rings. The van der Waals surface area contributed by atoms with E-state index in [4.69, 9.17) is 4.74 Å². The van der Waals surface area contributed by atoms with Gasteiger partial charge in [-0.05, 0) is 37.5 Å². The Balaban J connectivity index is 2.20. The van der Waals surface area contributed by atoms with Crippen LogP contribution in [0.4, 0.5) is 0 Å². The van der Waals surface area contributed by atoms with Crippen molar-refractivity contribution in [1.29, 1.82) is 0 Å². The van der Waals surface area contributed by atoms with Crippen molar-refractivity contribution in [3.8, 4) is 0 Å². The highest BCUT2D eigenvalue weighted by Crippen LogP contribution is 2.24. The van der Waals surface area contributed by atoms with Crippen molar-refractivity contribution >= 4 is 0 Å². The fourth-order valence-electron chi connectivity index (χ4n) is 1.78. The Morgan fingerprint density at radius 1 is 1.29 bits per heavy atom. The van der Waals surface area contributed by atoms with E-state index in [0.29, 0.717) is 0 Å². The van der Waals surface area contributed by atoms with Gasteiger partial charge in [0.05, 0.1) is 6.10 Å². The first-order chi connectivity index (χ1) is 6.66. The van der Waals surface area contributed by atoms with Gasteiger partial charge in [0, 0.05) is 6.54 Å². The highest BCUT2D eigenvalue weighted by molar-refractivity contribution is 5.31. The standard InChI is InChI=1S/C12H17NO/c1-8-4-5-11(6-9(8)2)12-7-13-10(3)14-12/h4-6,10,12-13H,7H2,1-3H3. The van der Waals surface area contributed by atoms with Crippen molar-refractivity contribution in [3.63, 3.8) is 0 Å². The lowest BCUT2D eigenvalue weighted by Gasteiger charge is -2.11. The molecule has 14 heavy (non-hydrogen) atoms. The summed E-state index contributed by atoms with van der Waals surface area (Å²) in [5.41, 5.74) is 3.96. The van der Waals surface area contributed by atoms with Gasteiger partial charge in [0.1, 0.15) is 6.23 Å². The monoisotopic (exact) mass is 191 g/mol. The molecule has 1 aromatic rings. The topological polar surface area (TPSA) is 21.3 Å². The Bertz CT molecular complexity index is 335. The summed E-state index contributed by atoms with van der Waals surface area (Å²) >= 11 is 0. The van der Waals surface area contributed by atoms with Crippen molar-refractivity contribution in [2.75, 3.05) is 6.54 Å². The van der Waals surface area contributed by atoms with Gasteiger partial charge in [0.2, 0.25) is 0 Å². The molecule has 1 saturated heterocycles. The number of rotatable bonds is 1. The maximum absolute atomic E-state index is 5.73. The molecule has 0 aromatic heterocycles. The highest BCUT2D eigenvalue weighted by atomic mass is 16.5.